The summed E-state index contributed by atoms with van der Waals surface area (Å²) in [6.45, 7) is 4.24. The molecule has 1 aromatic carbocycles. The van der Waals surface area contributed by atoms with Gasteiger partial charge < -0.3 is 4.57 Å². The van der Waals surface area contributed by atoms with Crippen molar-refractivity contribution in [1.82, 2.24) is 9.78 Å². The molecule has 22 heavy (non-hydrogen) atoms. The molecule has 0 atom stereocenters. The maximum absolute atomic E-state index is 13.6. The van der Waals surface area contributed by atoms with E-state index in [2.05, 4.69) is 18.9 Å². The molecule has 1 fully saturated rings. The number of fused-ring (bicyclic) bond motifs is 1. The predicted octanol–water partition coefficient (Wildman–Crippen LogP) is 3.23. The summed E-state index contributed by atoms with van der Waals surface area (Å²) in [5, 5.41) is 6.55. The summed E-state index contributed by atoms with van der Waals surface area (Å²) in [5.41, 5.74) is 1.01. The third kappa shape index (κ3) is 2.44. The molecule has 0 bridgehead atoms. The Labute approximate surface area is 130 Å². The molecule has 1 aliphatic rings. The zero-order chi connectivity index (χ0) is 15.9. The highest BCUT2D eigenvalue weighted by atomic mass is 31.2. The number of hydrogen-bond donors (Lipinski definition) is 0. The van der Waals surface area contributed by atoms with E-state index in [0.717, 1.165) is 47.8 Å². The van der Waals surface area contributed by atoms with Gasteiger partial charge in [0.15, 0.2) is 0 Å². The molecule has 0 unspecified atom stereocenters. The van der Waals surface area contributed by atoms with E-state index in [-0.39, 0.29) is 11.5 Å². The lowest BCUT2D eigenvalue weighted by molar-refractivity contribution is 0.567. The average Bonchev–Trinajstić information content (AvgIpc) is 2.50. The van der Waals surface area contributed by atoms with Crippen LogP contribution in [0.15, 0.2) is 23.1 Å². The van der Waals surface area contributed by atoms with Gasteiger partial charge in [-0.05, 0) is 30.4 Å². The fraction of sp³-hybridized carbons (Fsp3) is 0.529. The zero-order valence-corrected chi connectivity index (χ0v) is 14.4. The third-order valence-corrected chi connectivity index (χ3v) is 8.09. The molecule has 0 aliphatic carbocycles. The molecule has 0 amide bonds. The van der Waals surface area contributed by atoms with Crippen LogP contribution in [0.3, 0.4) is 0 Å². The van der Waals surface area contributed by atoms with E-state index >= 15 is 0 Å². The largest absolute Gasteiger partial charge is 0.319 e. The molecule has 1 saturated heterocycles. The molecule has 4 nitrogen and oxygen atoms in total. The van der Waals surface area contributed by atoms with Crippen molar-refractivity contribution in [2.75, 3.05) is 12.3 Å². The molecule has 0 radical (unpaired) electrons. The minimum Gasteiger partial charge on any atom is -0.319 e. The Morgan fingerprint density at radius 3 is 2.45 bits per heavy atom. The number of hydrogen-bond acceptors (Lipinski definition) is 3. The number of nitrogens with zero attached hydrogens (tertiary/aromatic N) is 2. The minimum absolute atomic E-state index is 0.113. The van der Waals surface area contributed by atoms with Gasteiger partial charge in [-0.1, -0.05) is 26.3 Å². The summed E-state index contributed by atoms with van der Waals surface area (Å²) < 4.78 is 15.0. The van der Waals surface area contributed by atoms with Crippen LogP contribution in [0, 0.1) is 0 Å². The number of rotatable bonds is 2. The molecule has 118 valence electrons. The van der Waals surface area contributed by atoms with Crippen LogP contribution in [-0.4, -0.2) is 22.1 Å². The molecular weight excluding hydrogens is 295 g/mol. The summed E-state index contributed by atoms with van der Waals surface area (Å²) in [6, 6.07) is 3.87. The monoisotopic (exact) mass is 318 g/mol. The first kappa shape index (κ1) is 15.5. The van der Waals surface area contributed by atoms with Gasteiger partial charge in [0, 0.05) is 30.1 Å². The van der Waals surface area contributed by atoms with Crippen molar-refractivity contribution >= 4 is 23.2 Å². The molecule has 2 heterocycles. The smallest absolute Gasteiger partial charge is 0.274 e. The van der Waals surface area contributed by atoms with Crippen LogP contribution >= 0.6 is 7.14 Å². The second-order valence-electron chi connectivity index (χ2n) is 6.59. The Balaban J connectivity index is 2.38. The molecule has 5 heteroatoms. The van der Waals surface area contributed by atoms with E-state index in [1.807, 2.05) is 12.1 Å². The number of benzene rings is 1. The van der Waals surface area contributed by atoms with Crippen LogP contribution in [-0.2, 0) is 11.6 Å². The van der Waals surface area contributed by atoms with Crippen LogP contribution < -0.4 is 10.9 Å². The predicted molar refractivity (Wildman–Crippen MR) is 91.9 cm³/mol. The number of aryl methyl sites for hydroxylation is 1. The molecule has 0 N–H and O–H groups in total. The normalized spacial score (nSPS) is 18.0. The van der Waals surface area contributed by atoms with Gasteiger partial charge in [0.1, 0.15) is 7.14 Å². The fourth-order valence-corrected chi connectivity index (χ4v) is 7.04. The van der Waals surface area contributed by atoms with Crippen molar-refractivity contribution in [3.8, 4) is 0 Å². The standard InChI is InChI=1S/C17H23N2O2P/c1-12(2)13-7-8-14-15(11-18-19(3)17(14)20)16(13)22(21)9-5-4-6-10-22/h7-8,11-12H,4-6,9-10H2,1-3H3. The lowest BCUT2D eigenvalue weighted by Crippen LogP contribution is -2.25. The van der Waals surface area contributed by atoms with Crippen molar-refractivity contribution in [3.05, 3.63) is 34.2 Å². The second kappa shape index (κ2) is 5.66. The Morgan fingerprint density at radius 2 is 1.82 bits per heavy atom. The average molecular weight is 318 g/mol. The first-order valence-corrected chi connectivity index (χ1v) is 10.1. The van der Waals surface area contributed by atoms with E-state index in [4.69, 9.17) is 0 Å². The topological polar surface area (TPSA) is 52.0 Å². The van der Waals surface area contributed by atoms with Crippen molar-refractivity contribution < 1.29 is 4.57 Å². The zero-order valence-electron chi connectivity index (χ0n) is 13.5. The van der Waals surface area contributed by atoms with Crippen molar-refractivity contribution in [2.45, 2.75) is 39.0 Å². The van der Waals surface area contributed by atoms with E-state index < -0.39 is 7.14 Å². The van der Waals surface area contributed by atoms with Crippen molar-refractivity contribution in [2.24, 2.45) is 7.05 Å². The summed E-state index contributed by atoms with van der Waals surface area (Å²) >= 11 is 0. The van der Waals surface area contributed by atoms with Crippen LogP contribution in [0.5, 0.6) is 0 Å². The summed E-state index contributed by atoms with van der Waals surface area (Å²) in [6.07, 6.45) is 6.45. The minimum atomic E-state index is -2.43. The maximum atomic E-state index is 13.6. The molecule has 0 spiro atoms. The molecular formula is C17H23N2O2P. The Hall–Kier alpha value is -1.41. The van der Waals surface area contributed by atoms with Crippen LogP contribution in [0.1, 0.15) is 44.6 Å². The summed E-state index contributed by atoms with van der Waals surface area (Å²) in [4.78, 5) is 12.4. The van der Waals surface area contributed by atoms with Gasteiger partial charge in [0.25, 0.3) is 5.56 Å². The van der Waals surface area contributed by atoms with Crippen molar-refractivity contribution in [3.63, 3.8) is 0 Å². The highest BCUT2D eigenvalue weighted by Crippen LogP contribution is 2.52. The number of aromatic nitrogens is 2. The SMILES string of the molecule is CC(C)c1ccc2c(=O)n(C)ncc2c1P1(=O)CCCCC1. The van der Waals surface area contributed by atoms with Gasteiger partial charge in [-0.3, -0.25) is 4.79 Å². The van der Waals surface area contributed by atoms with Gasteiger partial charge in [0.2, 0.25) is 0 Å². The molecule has 0 saturated carbocycles. The summed E-state index contributed by atoms with van der Waals surface area (Å²) in [5.74, 6) is 0.288. The first-order valence-electron chi connectivity index (χ1n) is 8.01. The Bertz CT molecular complexity index is 813. The van der Waals surface area contributed by atoms with Gasteiger partial charge in [0.05, 0.1) is 11.6 Å². The fourth-order valence-electron chi connectivity index (χ4n) is 3.48. The Morgan fingerprint density at radius 1 is 1.14 bits per heavy atom. The third-order valence-electron chi connectivity index (χ3n) is 4.70. The summed E-state index contributed by atoms with van der Waals surface area (Å²) in [7, 11) is -0.773. The molecule has 1 aromatic heterocycles. The lowest BCUT2D eigenvalue weighted by atomic mass is 10.0. The lowest BCUT2D eigenvalue weighted by Gasteiger charge is -2.27. The van der Waals surface area contributed by atoms with Gasteiger partial charge in [-0.2, -0.15) is 5.10 Å². The highest BCUT2D eigenvalue weighted by Gasteiger charge is 2.32. The highest BCUT2D eigenvalue weighted by molar-refractivity contribution is 7.72. The van der Waals surface area contributed by atoms with Gasteiger partial charge in [-0.15, -0.1) is 0 Å². The van der Waals surface area contributed by atoms with Gasteiger partial charge in [-0.25, -0.2) is 4.68 Å². The maximum Gasteiger partial charge on any atom is 0.274 e. The second-order valence-corrected chi connectivity index (χ2v) is 9.71. The Kier molecular flexibility index (Phi) is 3.98. The van der Waals surface area contributed by atoms with E-state index in [1.165, 1.54) is 4.68 Å². The molecule has 1 aliphatic heterocycles. The van der Waals surface area contributed by atoms with E-state index in [1.54, 1.807) is 13.2 Å². The van der Waals surface area contributed by atoms with E-state index in [9.17, 15) is 9.36 Å². The van der Waals surface area contributed by atoms with Crippen LogP contribution in [0.25, 0.3) is 10.8 Å². The van der Waals surface area contributed by atoms with Crippen molar-refractivity contribution in [1.29, 1.82) is 0 Å². The molecule has 2 aromatic rings. The van der Waals surface area contributed by atoms with E-state index in [0.29, 0.717) is 5.39 Å². The molecule has 3 rings (SSSR count). The van der Waals surface area contributed by atoms with Crippen LogP contribution in [0.4, 0.5) is 0 Å². The first-order chi connectivity index (χ1) is 10.4. The van der Waals surface area contributed by atoms with Gasteiger partial charge >= 0.3 is 0 Å². The quantitative estimate of drug-likeness (QED) is 0.799. The van der Waals surface area contributed by atoms with Crippen LogP contribution in [0.2, 0.25) is 0 Å².